The zero-order valence-corrected chi connectivity index (χ0v) is 11.3. The molecule has 20 heavy (non-hydrogen) atoms. The number of methoxy groups -OCH3 is 1. The lowest BCUT2D eigenvalue weighted by molar-refractivity contribution is 0.0695. The van der Waals surface area contributed by atoms with Crippen molar-refractivity contribution in [3.8, 4) is 0 Å². The molecule has 1 amide bonds. The molecule has 1 unspecified atom stereocenters. The van der Waals surface area contributed by atoms with Gasteiger partial charge in [0.1, 0.15) is 0 Å². The van der Waals surface area contributed by atoms with Gasteiger partial charge in [-0.15, -0.1) is 0 Å². The lowest BCUT2D eigenvalue weighted by Gasteiger charge is -2.17. The van der Waals surface area contributed by atoms with Gasteiger partial charge in [0.15, 0.2) is 0 Å². The summed E-state index contributed by atoms with van der Waals surface area (Å²) in [4.78, 5) is 32.2. The van der Waals surface area contributed by atoms with Crippen LogP contribution < -0.4 is 10.2 Å². The first-order valence-electron chi connectivity index (χ1n) is 6.17. The third-order valence-electron chi connectivity index (χ3n) is 3.18. The molecule has 1 saturated heterocycles. The number of carboxylic acid groups (broad SMARTS) is 1. The number of hydrogen-bond acceptors (Lipinski definition) is 6. The third kappa shape index (κ3) is 2.95. The zero-order chi connectivity index (χ0) is 14.7. The van der Waals surface area contributed by atoms with Gasteiger partial charge in [0.25, 0.3) is 0 Å². The van der Waals surface area contributed by atoms with Crippen molar-refractivity contribution in [1.82, 2.24) is 15.3 Å². The van der Waals surface area contributed by atoms with E-state index in [0.717, 1.165) is 6.42 Å². The highest BCUT2D eigenvalue weighted by Crippen LogP contribution is 2.17. The largest absolute Gasteiger partial charge is 0.478 e. The third-order valence-corrected chi connectivity index (χ3v) is 3.18. The van der Waals surface area contributed by atoms with Crippen molar-refractivity contribution >= 4 is 18.0 Å². The predicted molar refractivity (Wildman–Crippen MR) is 69.9 cm³/mol. The van der Waals surface area contributed by atoms with Gasteiger partial charge in [-0.25, -0.2) is 19.6 Å². The van der Waals surface area contributed by atoms with Gasteiger partial charge in [-0.3, -0.25) is 0 Å². The highest BCUT2D eigenvalue weighted by atomic mass is 16.5. The summed E-state index contributed by atoms with van der Waals surface area (Å²) < 4.78 is 4.55. The Labute approximate surface area is 115 Å². The Hall–Kier alpha value is -2.38. The van der Waals surface area contributed by atoms with Gasteiger partial charge in [-0.2, -0.15) is 0 Å². The van der Waals surface area contributed by atoms with E-state index in [-0.39, 0.29) is 11.6 Å². The van der Waals surface area contributed by atoms with Gasteiger partial charge < -0.3 is 20.1 Å². The number of carboxylic acids is 1. The molecule has 1 aromatic heterocycles. The van der Waals surface area contributed by atoms with Crippen molar-refractivity contribution < 1.29 is 19.4 Å². The molecule has 2 N–H and O–H groups in total. The van der Waals surface area contributed by atoms with Crippen LogP contribution in [0.25, 0.3) is 0 Å². The van der Waals surface area contributed by atoms with Gasteiger partial charge in [0, 0.05) is 19.3 Å². The highest BCUT2D eigenvalue weighted by Gasteiger charge is 2.26. The van der Waals surface area contributed by atoms with Crippen LogP contribution in [0.2, 0.25) is 0 Å². The van der Waals surface area contributed by atoms with Gasteiger partial charge in [0.05, 0.1) is 24.4 Å². The molecule has 1 aliphatic rings. The van der Waals surface area contributed by atoms with E-state index in [9.17, 15) is 9.59 Å². The number of alkyl carbamates (subject to hydrolysis) is 1. The number of nitrogens with zero attached hydrogens (tertiary/aromatic N) is 3. The Morgan fingerprint density at radius 1 is 1.55 bits per heavy atom. The van der Waals surface area contributed by atoms with Crippen molar-refractivity contribution in [3.05, 3.63) is 17.5 Å². The monoisotopic (exact) mass is 280 g/mol. The number of carbonyl (C=O) groups is 2. The molecule has 8 heteroatoms. The smallest absolute Gasteiger partial charge is 0.407 e. The number of hydrogen-bond donors (Lipinski definition) is 2. The highest BCUT2D eigenvalue weighted by molar-refractivity contribution is 5.88. The van der Waals surface area contributed by atoms with Crippen LogP contribution in [-0.2, 0) is 4.74 Å². The molecule has 1 aromatic rings. The number of aromatic nitrogens is 2. The minimum atomic E-state index is -1.04. The number of nitrogens with one attached hydrogen (secondary N) is 1. The number of amides is 1. The Balaban J connectivity index is 2.05. The maximum atomic E-state index is 11.1. The summed E-state index contributed by atoms with van der Waals surface area (Å²) in [6.45, 7) is 2.90. The van der Waals surface area contributed by atoms with Gasteiger partial charge in [-0.1, -0.05) is 0 Å². The lowest BCUT2D eigenvalue weighted by Crippen LogP contribution is -2.37. The second-order valence-electron chi connectivity index (χ2n) is 4.54. The summed E-state index contributed by atoms with van der Waals surface area (Å²) >= 11 is 0. The van der Waals surface area contributed by atoms with Crippen LogP contribution in [0.3, 0.4) is 0 Å². The number of carbonyl (C=O) groups excluding carboxylic acids is 1. The fourth-order valence-electron chi connectivity index (χ4n) is 2.10. The number of aryl methyl sites for hydroxylation is 1. The Bertz CT molecular complexity index is 534. The van der Waals surface area contributed by atoms with Crippen LogP contribution in [-0.4, -0.2) is 53.4 Å². The van der Waals surface area contributed by atoms with Crippen LogP contribution in [0.1, 0.15) is 22.5 Å². The van der Waals surface area contributed by atoms with E-state index in [1.807, 2.05) is 4.90 Å². The van der Waals surface area contributed by atoms with E-state index in [4.69, 9.17) is 5.11 Å². The maximum absolute atomic E-state index is 11.1. The van der Waals surface area contributed by atoms with Crippen LogP contribution in [0.15, 0.2) is 6.20 Å². The number of ether oxygens (including phenoxy) is 1. The predicted octanol–water partition coefficient (Wildman–Crippen LogP) is 0.418. The number of aromatic carboxylic acids is 1. The topological polar surface area (TPSA) is 105 Å². The second-order valence-corrected chi connectivity index (χ2v) is 4.54. The summed E-state index contributed by atoms with van der Waals surface area (Å²) in [5.74, 6) is -0.567. The molecule has 0 spiro atoms. The van der Waals surface area contributed by atoms with E-state index >= 15 is 0 Å². The fraction of sp³-hybridized carbons (Fsp3) is 0.500. The van der Waals surface area contributed by atoms with Crippen LogP contribution in [0.5, 0.6) is 0 Å². The molecular weight excluding hydrogens is 264 g/mol. The van der Waals surface area contributed by atoms with Gasteiger partial charge >= 0.3 is 12.1 Å². The van der Waals surface area contributed by atoms with Gasteiger partial charge in [0.2, 0.25) is 5.95 Å². The van der Waals surface area contributed by atoms with E-state index in [1.165, 1.54) is 13.3 Å². The Kier molecular flexibility index (Phi) is 4.02. The molecule has 0 aromatic carbocycles. The zero-order valence-electron chi connectivity index (χ0n) is 11.3. The van der Waals surface area contributed by atoms with Crippen LogP contribution in [0.4, 0.5) is 10.7 Å². The molecule has 0 bridgehead atoms. The molecule has 0 aliphatic carbocycles. The summed E-state index contributed by atoms with van der Waals surface area (Å²) in [6, 6.07) is -0.0227. The molecule has 108 valence electrons. The molecular formula is C12H16N4O4. The minimum Gasteiger partial charge on any atom is -0.478 e. The average Bonchev–Trinajstić information content (AvgIpc) is 2.86. The summed E-state index contributed by atoms with van der Waals surface area (Å²) in [5, 5.41) is 11.7. The summed E-state index contributed by atoms with van der Waals surface area (Å²) in [6.07, 6.45) is 1.61. The maximum Gasteiger partial charge on any atom is 0.407 e. The second kappa shape index (κ2) is 5.72. The van der Waals surface area contributed by atoms with E-state index in [1.54, 1.807) is 6.92 Å². The normalized spacial score (nSPS) is 17.9. The minimum absolute atomic E-state index is 0.0227. The molecule has 2 rings (SSSR count). The standard InChI is InChI=1S/C12H16N4O4/c1-7-9(10(17)18)5-13-11(14-7)16-4-3-8(6-16)15-12(19)20-2/h5,8H,3-4,6H2,1-2H3,(H,15,19)(H,17,18). The molecule has 8 nitrogen and oxygen atoms in total. The molecule has 1 fully saturated rings. The van der Waals surface area contributed by atoms with E-state index in [2.05, 4.69) is 20.0 Å². The average molecular weight is 280 g/mol. The van der Waals surface area contributed by atoms with Crippen molar-refractivity contribution in [3.63, 3.8) is 0 Å². The molecule has 2 heterocycles. The quantitative estimate of drug-likeness (QED) is 0.826. The lowest BCUT2D eigenvalue weighted by atomic mass is 10.2. The van der Waals surface area contributed by atoms with Crippen molar-refractivity contribution in [2.75, 3.05) is 25.1 Å². The van der Waals surface area contributed by atoms with Crippen molar-refractivity contribution in [2.45, 2.75) is 19.4 Å². The molecule has 0 saturated carbocycles. The summed E-state index contributed by atoms with van der Waals surface area (Å²) in [5.41, 5.74) is 0.518. The first-order chi connectivity index (χ1) is 9.51. The van der Waals surface area contributed by atoms with E-state index in [0.29, 0.717) is 24.7 Å². The van der Waals surface area contributed by atoms with E-state index < -0.39 is 12.1 Å². The SMILES string of the molecule is COC(=O)NC1CCN(c2ncc(C(=O)O)c(C)n2)C1. The number of rotatable bonds is 3. The first kappa shape index (κ1) is 14.0. The van der Waals surface area contributed by atoms with Crippen LogP contribution in [0, 0.1) is 6.92 Å². The first-order valence-corrected chi connectivity index (χ1v) is 6.17. The number of anilines is 1. The van der Waals surface area contributed by atoms with Crippen molar-refractivity contribution in [1.29, 1.82) is 0 Å². The Morgan fingerprint density at radius 2 is 2.30 bits per heavy atom. The Morgan fingerprint density at radius 3 is 2.90 bits per heavy atom. The fourth-order valence-corrected chi connectivity index (χ4v) is 2.10. The molecule has 1 atom stereocenters. The summed E-state index contributed by atoms with van der Waals surface area (Å²) in [7, 11) is 1.32. The molecule has 1 aliphatic heterocycles. The van der Waals surface area contributed by atoms with Gasteiger partial charge in [-0.05, 0) is 13.3 Å². The van der Waals surface area contributed by atoms with Crippen molar-refractivity contribution in [2.24, 2.45) is 0 Å². The van der Waals surface area contributed by atoms with Crippen LogP contribution >= 0.6 is 0 Å². The molecule has 0 radical (unpaired) electrons.